The predicted molar refractivity (Wildman–Crippen MR) is 102 cm³/mol. The molecule has 0 radical (unpaired) electrons. The highest BCUT2D eigenvalue weighted by Gasteiger charge is 2.43. The number of carbonyl (C=O) groups is 1. The smallest absolute Gasteiger partial charge is 0.250 e. The van der Waals surface area contributed by atoms with Gasteiger partial charge in [0.25, 0.3) is 5.91 Å². The Morgan fingerprint density at radius 2 is 2.08 bits per heavy atom. The Morgan fingerprint density at radius 1 is 1.31 bits per heavy atom. The number of halogens is 1. The summed E-state index contributed by atoms with van der Waals surface area (Å²) in [4.78, 5) is 15.1. The van der Waals surface area contributed by atoms with E-state index in [0.717, 1.165) is 42.7 Å². The fraction of sp³-hybridized carbons (Fsp3) is 0.368. The van der Waals surface area contributed by atoms with Crippen molar-refractivity contribution in [3.8, 4) is 0 Å². The van der Waals surface area contributed by atoms with E-state index in [0.29, 0.717) is 6.54 Å². The standard InChI is InChI=1S/C19H22N4O2.ClH/c1-22(14-16-13-15-5-2-3-6-17(15)25-16)18(24)19(7-10-20-11-8-19)23-12-4-9-21-23;/h2-6,9,12-13,20H,7-8,10-11,14H2,1H3;1H. The van der Waals surface area contributed by atoms with Gasteiger partial charge in [-0.05, 0) is 44.1 Å². The number of rotatable bonds is 4. The van der Waals surface area contributed by atoms with Gasteiger partial charge in [-0.1, -0.05) is 18.2 Å². The van der Waals surface area contributed by atoms with Crippen molar-refractivity contribution in [3.05, 3.63) is 54.6 Å². The van der Waals surface area contributed by atoms with E-state index in [1.807, 2.05) is 54.3 Å². The van der Waals surface area contributed by atoms with Crippen LogP contribution in [0.5, 0.6) is 0 Å². The molecule has 1 aromatic carbocycles. The molecule has 0 bridgehead atoms. The third-order valence-electron chi connectivity index (χ3n) is 4.99. The van der Waals surface area contributed by atoms with Crippen molar-refractivity contribution in [1.82, 2.24) is 20.0 Å². The Labute approximate surface area is 158 Å². The van der Waals surface area contributed by atoms with Gasteiger partial charge in [-0.25, -0.2) is 0 Å². The van der Waals surface area contributed by atoms with Crippen molar-refractivity contribution in [3.63, 3.8) is 0 Å². The number of para-hydroxylation sites is 1. The second-order valence-corrected chi connectivity index (χ2v) is 6.64. The minimum Gasteiger partial charge on any atom is -0.459 e. The zero-order chi connectivity index (χ0) is 17.3. The normalized spacial score (nSPS) is 16.2. The number of nitrogens with zero attached hydrogens (tertiary/aromatic N) is 3. The number of piperidine rings is 1. The molecule has 1 aliphatic rings. The molecule has 0 atom stereocenters. The highest BCUT2D eigenvalue weighted by Crippen LogP contribution is 2.30. The van der Waals surface area contributed by atoms with Crippen molar-refractivity contribution in [2.75, 3.05) is 20.1 Å². The van der Waals surface area contributed by atoms with E-state index < -0.39 is 5.54 Å². The van der Waals surface area contributed by atoms with Crippen LogP contribution in [-0.2, 0) is 16.9 Å². The lowest BCUT2D eigenvalue weighted by molar-refractivity contribution is -0.142. The number of furan rings is 1. The van der Waals surface area contributed by atoms with E-state index in [1.165, 1.54) is 0 Å². The Bertz CT molecular complexity index is 836. The van der Waals surface area contributed by atoms with Crippen LogP contribution in [0.15, 0.2) is 53.2 Å². The molecular weight excluding hydrogens is 352 g/mol. The molecule has 26 heavy (non-hydrogen) atoms. The molecule has 7 heteroatoms. The van der Waals surface area contributed by atoms with Crippen LogP contribution in [0.3, 0.4) is 0 Å². The van der Waals surface area contributed by atoms with Gasteiger partial charge in [0, 0.05) is 24.8 Å². The molecule has 1 aliphatic heterocycles. The third-order valence-corrected chi connectivity index (χ3v) is 4.99. The van der Waals surface area contributed by atoms with Crippen LogP contribution in [0.25, 0.3) is 11.0 Å². The SMILES string of the molecule is CN(Cc1cc2ccccc2o1)C(=O)C1(n2cccn2)CCNCC1.Cl. The summed E-state index contributed by atoms with van der Waals surface area (Å²) >= 11 is 0. The number of amides is 1. The number of hydrogen-bond acceptors (Lipinski definition) is 4. The second kappa shape index (κ2) is 7.51. The molecule has 6 nitrogen and oxygen atoms in total. The van der Waals surface area contributed by atoms with E-state index in [9.17, 15) is 4.79 Å². The number of fused-ring (bicyclic) bond motifs is 1. The summed E-state index contributed by atoms with van der Waals surface area (Å²) in [6.45, 7) is 2.07. The number of hydrogen-bond donors (Lipinski definition) is 1. The predicted octanol–water partition coefficient (Wildman–Crippen LogP) is 2.79. The van der Waals surface area contributed by atoms with Crippen molar-refractivity contribution < 1.29 is 9.21 Å². The summed E-state index contributed by atoms with van der Waals surface area (Å²) in [6.07, 6.45) is 5.09. The van der Waals surface area contributed by atoms with Gasteiger partial charge in [0.15, 0.2) is 0 Å². The van der Waals surface area contributed by atoms with E-state index in [-0.39, 0.29) is 18.3 Å². The molecule has 1 N–H and O–H groups in total. The molecule has 3 heterocycles. The van der Waals surface area contributed by atoms with Crippen molar-refractivity contribution in [2.24, 2.45) is 0 Å². The average molecular weight is 375 g/mol. The van der Waals surface area contributed by atoms with Crippen molar-refractivity contribution in [2.45, 2.75) is 24.9 Å². The molecular formula is C19H23ClN4O2. The van der Waals surface area contributed by atoms with Crippen LogP contribution in [-0.4, -0.2) is 40.7 Å². The first kappa shape index (κ1) is 18.5. The van der Waals surface area contributed by atoms with E-state index >= 15 is 0 Å². The topological polar surface area (TPSA) is 63.3 Å². The summed E-state index contributed by atoms with van der Waals surface area (Å²) in [5.41, 5.74) is 0.234. The number of aromatic nitrogens is 2. The molecule has 1 fully saturated rings. The number of benzene rings is 1. The van der Waals surface area contributed by atoms with Gasteiger partial charge in [0.2, 0.25) is 0 Å². The zero-order valence-electron chi connectivity index (χ0n) is 14.7. The molecule has 0 aliphatic carbocycles. The lowest BCUT2D eigenvalue weighted by atomic mass is 9.87. The first-order valence-electron chi connectivity index (χ1n) is 8.63. The number of likely N-dealkylation sites (N-methyl/N-ethyl adjacent to an activating group) is 1. The second-order valence-electron chi connectivity index (χ2n) is 6.64. The molecule has 138 valence electrons. The van der Waals surface area contributed by atoms with Gasteiger partial charge in [0.05, 0.1) is 6.54 Å². The number of carbonyl (C=O) groups excluding carboxylic acids is 1. The van der Waals surface area contributed by atoms with Gasteiger partial charge in [0.1, 0.15) is 16.9 Å². The summed E-state index contributed by atoms with van der Waals surface area (Å²) in [6, 6.07) is 11.8. The average Bonchev–Trinajstić information content (AvgIpc) is 3.31. The fourth-order valence-electron chi connectivity index (χ4n) is 3.68. The maximum Gasteiger partial charge on any atom is 0.250 e. The lowest BCUT2D eigenvalue weighted by Crippen LogP contribution is -2.54. The van der Waals surface area contributed by atoms with Crippen molar-refractivity contribution >= 4 is 29.3 Å². The van der Waals surface area contributed by atoms with Gasteiger partial charge < -0.3 is 14.6 Å². The first-order valence-corrected chi connectivity index (χ1v) is 8.63. The van der Waals surface area contributed by atoms with Crippen LogP contribution in [0.4, 0.5) is 0 Å². The molecule has 1 amide bonds. The molecule has 2 aromatic heterocycles. The summed E-state index contributed by atoms with van der Waals surface area (Å²) in [5, 5.41) is 8.77. The fourth-order valence-corrected chi connectivity index (χ4v) is 3.68. The lowest BCUT2D eigenvalue weighted by Gasteiger charge is -2.39. The highest BCUT2D eigenvalue weighted by molar-refractivity contribution is 5.85. The van der Waals surface area contributed by atoms with Crippen molar-refractivity contribution in [1.29, 1.82) is 0 Å². The highest BCUT2D eigenvalue weighted by atomic mass is 35.5. The Balaban J connectivity index is 0.00000196. The van der Waals surface area contributed by atoms with E-state index in [4.69, 9.17) is 4.42 Å². The molecule has 0 unspecified atom stereocenters. The third kappa shape index (κ3) is 3.22. The zero-order valence-corrected chi connectivity index (χ0v) is 15.5. The Kier molecular flexibility index (Phi) is 5.34. The monoisotopic (exact) mass is 374 g/mol. The molecule has 0 spiro atoms. The van der Waals surface area contributed by atoms with E-state index in [1.54, 1.807) is 11.1 Å². The number of nitrogens with one attached hydrogen (secondary N) is 1. The minimum absolute atomic E-state index is 0. The quantitative estimate of drug-likeness (QED) is 0.762. The van der Waals surface area contributed by atoms with Crippen LogP contribution < -0.4 is 5.32 Å². The largest absolute Gasteiger partial charge is 0.459 e. The van der Waals surface area contributed by atoms with Gasteiger partial charge in [-0.3, -0.25) is 9.48 Å². The Morgan fingerprint density at radius 3 is 2.77 bits per heavy atom. The summed E-state index contributed by atoms with van der Waals surface area (Å²) < 4.78 is 7.70. The Hall–Kier alpha value is -2.31. The maximum absolute atomic E-state index is 13.3. The van der Waals surface area contributed by atoms with Gasteiger partial charge in [-0.2, -0.15) is 5.10 Å². The first-order chi connectivity index (χ1) is 12.2. The minimum atomic E-state index is -0.616. The maximum atomic E-state index is 13.3. The molecule has 1 saturated heterocycles. The van der Waals surface area contributed by atoms with Gasteiger partial charge >= 0.3 is 0 Å². The molecule has 3 aromatic rings. The summed E-state index contributed by atoms with van der Waals surface area (Å²) in [7, 11) is 1.84. The molecule has 4 rings (SSSR count). The van der Waals surface area contributed by atoms with Crippen LogP contribution >= 0.6 is 12.4 Å². The van der Waals surface area contributed by atoms with Crippen LogP contribution in [0.2, 0.25) is 0 Å². The van der Waals surface area contributed by atoms with Gasteiger partial charge in [-0.15, -0.1) is 12.4 Å². The molecule has 0 saturated carbocycles. The van der Waals surface area contributed by atoms with E-state index in [2.05, 4.69) is 10.4 Å². The van der Waals surface area contributed by atoms with Crippen LogP contribution in [0, 0.1) is 0 Å². The van der Waals surface area contributed by atoms with Crippen LogP contribution in [0.1, 0.15) is 18.6 Å². The summed E-state index contributed by atoms with van der Waals surface area (Å²) in [5.74, 6) is 0.875.